The van der Waals surface area contributed by atoms with Crippen molar-refractivity contribution in [3.63, 3.8) is 0 Å². The fourth-order valence-corrected chi connectivity index (χ4v) is 1.89. The number of aryl methyl sites for hydroxylation is 1. The van der Waals surface area contributed by atoms with Gasteiger partial charge in [0.2, 0.25) is 0 Å². The lowest BCUT2D eigenvalue weighted by atomic mass is 10.2. The average Bonchev–Trinajstić information content (AvgIpc) is 2.44. The maximum Gasteiger partial charge on any atom is 0.141 e. The first-order chi connectivity index (χ1) is 9.22. The van der Waals surface area contributed by atoms with E-state index >= 15 is 0 Å². The molecule has 0 spiro atoms. The highest BCUT2D eigenvalue weighted by molar-refractivity contribution is 5.56. The fraction of sp³-hybridized carbons (Fsp3) is 0.267. The van der Waals surface area contributed by atoms with Crippen LogP contribution < -0.4 is 14.8 Å². The normalized spacial score (nSPS) is 10.1. The van der Waals surface area contributed by atoms with E-state index in [0.29, 0.717) is 6.54 Å². The first-order valence-corrected chi connectivity index (χ1v) is 6.11. The summed E-state index contributed by atoms with van der Waals surface area (Å²) < 4.78 is 10.5. The third kappa shape index (κ3) is 3.37. The summed E-state index contributed by atoms with van der Waals surface area (Å²) in [7, 11) is 3.32. The molecule has 0 fully saturated rings. The van der Waals surface area contributed by atoms with E-state index in [-0.39, 0.29) is 0 Å². The molecule has 2 rings (SSSR count). The van der Waals surface area contributed by atoms with Crippen LogP contribution >= 0.6 is 0 Å². The number of hydrogen-bond acceptors (Lipinski definition) is 4. The molecular formula is C15H18N2O2. The number of methoxy groups -OCH3 is 2. The molecule has 0 saturated heterocycles. The van der Waals surface area contributed by atoms with Gasteiger partial charge in [-0.2, -0.15) is 0 Å². The van der Waals surface area contributed by atoms with Crippen molar-refractivity contribution in [1.82, 2.24) is 4.98 Å². The van der Waals surface area contributed by atoms with Gasteiger partial charge in [0.1, 0.15) is 11.5 Å². The standard InChI is InChI=1S/C15H18N2O2/c1-11-8-13(18-2)9-12(17-11)10-16-14-6-4-5-7-15(14)19-3/h4-9,16H,10H2,1-3H3. The zero-order chi connectivity index (χ0) is 13.7. The SMILES string of the molecule is COc1cc(C)nc(CNc2ccccc2OC)c1. The molecule has 0 bridgehead atoms. The van der Waals surface area contributed by atoms with Crippen LogP contribution in [0.3, 0.4) is 0 Å². The van der Waals surface area contributed by atoms with Crippen LogP contribution in [0.25, 0.3) is 0 Å². The molecule has 4 heteroatoms. The minimum atomic E-state index is 0.623. The molecule has 1 aromatic heterocycles. The topological polar surface area (TPSA) is 43.4 Å². The van der Waals surface area contributed by atoms with E-state index in [9.17, 15) is 0 Å². The zero-order valence-electron chi connectivity index (χ0n) is 11.4. The van der Waals surface area contributed by atoms with E-state index in [2.05, 4.69) is 10.3 Å². The van der Waals surface area contributed by atoms with Crippen LogP contribution in [0.5, 0.6) is 11.5 Å². The van der Waals surface area contributed by atoms with Crippen LogP contribution in [-0.4, -0.2) is 19.2 Å². The van der Waals surface area contributed by atoms with Crippen LogP contribution in [0.15, 0.2) is 36.4 Å². The zero-order valence-corrected chi connectivity index (χ0v) is 11.4. The second kappa shape index (κ2) is 6.09. The summed E-state index contributed by atoms with van der Waals surface area (Å²) in [6, 6.07) is 11.6. The van der Waals surface area contributed by atoms with E-state index in [0.717, 1.165) is 28.6 Å². The Bertz CT molecular complexity index is 556. The summed E-state index contributed by atoms with van der Waals surface area (Å²) >= 11 is 0. The molecule has 0 aliphatic heterocycles. The average molecular weight is 258 g/mol. The van der Waals surface area contributed by atoms with Gasteiger partial charge < -0.3 is 14.8 Å². The molecule has 0 aliphatic rings. The second-order valence-corrected chi connectivity index (χ2v) is 4.19. The highest BCUT2D eigenvalue weighted by atomic mass is 16.5. The Labute approximate surface area is 113 Å². The van der Waals surface area contributed by atoms with Crippen LogP contribution in [-0.2, 0) is 6.54 Å². The molecule has 2 aromatic rings. The minimum absolute atomic E-state index is 0.623. The maximum atomic E-state index is 5.29. The van der Waals surface area contributed by atoms with Crippen LogP contribution in [0.1, 0.15) is 11.4 Å². The van der Waals surface area contributed by atoms with E-state index in [1.54, 1.807) is 14.2 Å². The van der Waals surface area contributed by atoms with Gasteiger partial charge in [0.15, 0.2) is 0 Å². The van der Waals surface area contributed by atoms with Crippen molar-refractivity contribution >= 4 is 5.69 Å². The number of ether oxygens (including phenoxy) is 2. The number of benzene rings is 1. The molecule has 0 unspecified atom stereocenters. The molecule has 0 radical (unpaired) electrons. The number of nitrogens with zero attached hydrogens (tertiary/aromatic N) is 1. The van der Waals surface area contributed by atoms with Crippen molar-refractivity contribution in [2.45, 2.75) is 13.5 Å². The van der Waals surface area contributed by atoms with Crippen molar-refractivity contribution in [1.29, 1.82) is 0 Å². The number of hydrogen-bond donors (Lipinski definition) is 1. The molecule has 1 aromatic carbocycles. The Balaban J connectivity index is 2.12. The van der Waals surface area contributed by atoms with Gasteiger partial charge in [-0.05, 0) is 19.1 Å². The highest BCUT2D eigenvalue weighted by Crippen LogP contribution is 2.24. The second-order valence-electron chi connectivity index (χ2n) is 4.19. The number of rotatable bonds is 5. The van der Waals surface area contributed by atoms with Crippen molar-refractivity contribution < 1.29 is 9.47 Å². The summed E-state index contributed by atoms with van der Waals surface area (Å²) in [6.07, 6.45) is 0. The fourth-order valence-electron chi connectivity index (χ4n) is 1.89. The highest BCUT2D eigenvalue weighted by Gasteiger charge is 2.03. The van der Waals surface area contributed by atoms with Gasteiger partial charge >= 0.3 is 0 Å². The maximum absolute atomic E-state index is 5.29. The molecule has 0 atom stereocenters. The Morgan fingerprint density at radius 2 is 1.89 bits per heavy atom. The first-order valence-electron chi connectivity index (χ1n) is 6.11. The van der Waals surface area contributed by atoms with Gasteiger partial charge in [-0.1, -0.05) is 12.1 Å². The lowest BCUT2D eigenvalue weighted by Crippen LogP contribution is -2.04. The molecule has 0 amide bonds. The van der Waals surface area contributed by atoms with E-state index in [4.69, 9.17) is 9.47 Å². The Kier molecular flexibility index (Phi) is 4.23. The molecule has 19 heavy (non-hydrogen) atoms. The third-order valence-electron chi connectivity index (χ3n) is 2.78. The van der Waals surface area contributed by atoms with E-state index in [1.807, 2.05) is 43.3 Å². The number of pyridine rings is 1. The van der Waals surface area contributed by atoms with Gasteiger partial charge in [-0.25, -0.2) is 0 Å². The van der Waals surface area contributed by atoms with Crippen LogP contribution in [0.2, 0.25) is 0 Å². The summed E-state index contributed by atoms with van der Waals surface area (Å²) in [5.41, 5.74) is 2.83. The predicted octanol–water partition coefficient (Wildman–Crippen LogP) is 3.02. The van der Waals surface area contributed by atoms with E-state index < -0.39 is 0 Å². The third-order valence-corrected chi connectivity index (χ3v) is 2.78. The van der Waals surface area contributed by atoms with Gasteiger partial charge in [0.05, 0.1) is 32.1 Å². The first kappa shape index (κ1) is 13.2. The monoisotopic (exact) mass is 258 g/mol. The smallest absolute Gasteiger partial charge is 0.141 e. The summed E-state index contributed by atoms with van der Waals surface area (Å²) in [4.78, 5) is 4.47. The Morgan fingerprint density at radius 1 is 1.11 bits per heavy atom. The molecule has 1 heterocycles. The Morgan fingerprint density at radius 3 is 2.63 bits per heavy atom. The van der Waals surface area contributed by atoms with E-state index in [1.165, 1.54) is 0 Å². The van der Waals surface area contributed by atoms with Crippen molar-refractivity contribution in [3.05, 3.63) is 47.8 Å². The molecule has 0 aliphatic carbocycles. The quantitative estimate of drug-likeness (QED) is 0.895. The minimum Gasteiger partial charge on any atom is -0.497 e. The molecular weight excluding hydrogens is 240 g/mol. The largest absolute Gasteiger partial charge is 0.497 e. The number of nitrogens with one attached hydrogen (secondary N) is 1. The van der Waals surface area contributed by atoms with Crippen molar-refractivity contribution in [3.8, 4) is 11.5 Å². The predicted molar refractivity (Wildman–Crippen MR) is 75.8 cm³/mol. The summed E-state index contributed by atoms with van der Waals surface area (Å²) in [6.45, 7) is 2.58. The summed E-state index contributed by atoms with van der Waals surface area (Å²) in [5.74, 6) is 1.64. The van der Waals surface area contributed by atoms with Gasteiger partial charge in [0, 0.05) is 17.8 Å². The van der Waals surface area contributed by atoms with Gasteiger partial charge in [0.25, 0.3) is 0 Å². The lowest BCUT2D eigenvalue weighted by molar-refractivity contribution is 0.413. The Hall–Kier alpha value is -2.23. The molecule has 0 saturated carbocycles. The van der Waals surface area contributed by atoms with Crippen LogP contribution in [0.4, 0.5) is 5.69 Å². The molecule has 1 N–H and O–H groups in total. The van der Waals surface area contributed by atoms with Gasteiger partial charge in [-0.3, -0.25) is 4.98 Å². The van der Waals surface area contributed by atoms with Crippen LogP contribution in [0, 0.1) is 6.92 Å². The number of para-hydroxylation sites is 2. The van der Waals surface area contributed by atoms with Gasteiger partial charge in [-0.15, -0.1) is 0 Å². The molecule has 4 nitrogen and oxygen atoms in total. The van der Waals surface area contributed by atoms with Crippen molar-refractivity contribution in [2.24, 2.45) is 0 Å². The number of anilines is 1. The van der Waals surface area contributed by atoms with Crippen molar-refractivity contribution in [2.75, 3.05) is 19.5 Å². The summed E-state index contributed by atoms with van der Waals surface area (Å²) in [5, 5.41) is 3.32. The number of aromatic nitrogens is 1. The lowest BCUT2D eigenvalue weighted by Gasteiger charge is -2.11. The molecule has 100 valence electrons.